The highest BCUT2D eigenvalue weighted by atomic mass is 32.1. The fourth-order valence-electron chi connectivity index (χ4n) is 2.39. The Kier molecular flexibility index (Phi) is 3.28. The summed E-state index contributed by atoms with van der Waals surface area (Å²) in [5.74, 6) is -1.25. The molecule has 6 heteroatoms. The third-order valence-electron chi connectivity index (χ3n) is 3.41. The molecule has 4 nitrogen and oxygen atoms in total. The largest absolute Gasteiger partial charge is 0.481 e. The molecule has 0 saturated carbocycles. The van der Waals surface area contributed by atoms with E-state index >= 15 is 0 Å². The number of thiophene rings is 2. The van der Waals surface area contributed by atoms with Crippen LogP contribution in [0, 0.1) is 5.92 Å². The van der Waals surface area contributed by atoms with E-state index in [0.29, 0.717) is 24.4 Å². The van der Waals surface area contributed by atoms with Crippen molar-refractivity contribution >= 4 is 43.9 Å². The van der Waals surface area contributed by atoms with Crippen molar-refractivity contribution in [2.75, 3.05) is 13.1 Å². The Bertz CT molecular complexity index is 602. The lowest BCUT2D eigenvalue weighted by Gasteiger charge is -2.30. The van der Waals surface area contributed by atoms with Crippen LogP contribution in [0.3, 0.4) is 0 Å². The van der Waals surface area contributed by atoms with E-state index in [-0.39, 0.29) is 5.91 Å². The van der Waals surface area contributed by atoms with Gasteiger partial charge in [-0.2, -0.15) is 0 Å². The molecule has 19 heavy (non-hydrogen) atoms. The number of amides is 1. The lowest BCUT2D eigenvalue weighted by atomic mass is 9.98. The van der Waals surface area contributed by atoms with Crippen LogP contribution < -0.4 is 0 Å². The second-order valence-corrected chi connectivity index (χ2v) is 6.72. The van der Waals surface area contributed by atoms with E-state index < -0.39 is 11.9 Å². The Morgan fingerprint density at radius 3 is 2.95 bits per heavy atom. The maximum absolute atomic E-state index is 12.4. The van der Waals surface area contributed by atoms with Gasteiger partial charge in [-0.15, -0.1) is 22.7 Å². The van der Waals surface area contributed by atoms with Crippen LogP contribution in [0.25, 0.3) is 9.40 Å². The van der Waals surface area contributed by atoms with E-state index in [4.69, 9.17) is 5.11 Å². The minimum absolute atomic E-state index is 0.0284. The van der Waals surface area contributed by atoms with Crippen LogP contribution in [0.15, 0.2) is 17.5 Å². The summed E-state index contributed by atoms with van der Waals surface area (Å²) in [6.07, 6.45) is 1.43. The maximum atomic E-state index is 12.4. The van der Waals surface area contributed by atoms with Gasteiger partial charge in [-0.3, -0.25) is 9.59 Å². The average Bonchev–Trinajstić information content (AvgIpc) is 2.98. The van der Waals surface area contributed by atoms with Gasteiger partial charge in [-0.1, -0.05) is 0 Å². The van der Waals surface area contributed by atoms with Gasteiger partial charge in [-0.25, -0.2) is 0 Å². The molecule has 1 fully saturated rings. The van der Waals surface area contributed by atoms with E-state index in [1.54, 1.807) is 16.2 Å². The lowest BCUT2D eigenvalue weighted by Crippen LogP contribution is -2.42. The molecule has 1 N–H and O–H groups in total. The van der Waals surface area contributed by atoms with Gasteiger partial charge in [0.15, 0.2) is 0 Å². The molecule has 2 aromatic heterocycles. The van der Waals surface area contributed by atoms with Gasteiger partial charge in [-0.05, 0) is 30.4 Å². The van der Waals surface area contributed by atoms with Crippen molar-refractivity contribution in [1.29, 1.82) is 0 Å². The Hall–Kier alpha value is -1.40. The molecular formula is C13H13NO3S2. The van der Waals surface area contributed by atoms with E-state index in [9.17, 15) is 9.59 Å². The van der Waals surface area contributed by atoms with E-state index in [2.05, 4.69) is 0 Å². The van der Waals surface area contributed by atoms with Crippen molar-refractivity contribution in [3.05, 3.63) is 22.4 Å². The number of hydrogen-bond donors (Lipinski definition) is 1. The number of rotatable bonds is 2. The Labute approximate surface area is 118 Å². The summed E-state index contributed by atoms with van der Waals surface area (Å²) in [4.78, 5) is 25.8. The van der Waals surface area contributed by atoms with E-state index in [1.807, 2.05) is 17.5 Å². The van der Waals surface area contributed by atoms with Crippen LogP contribution in [-0.4, -0.2) is 35.0 Å². The first-order valence-electron chi connectivity index (χ1n) is 6.14. The third kappa shape index (κ3) is 2.37. The van der Waals surface area contributed by atoms with Crippen LogP contribution in [0.4, 0.5) is 0 Å². The number of piperidine rings is 1. The van der Waals surface area contributed by atoms with Crippen LogP contribution in [0.2, 0.25) is 0 Å². The molecule has 1 atom stereocenters. The number of carboxylic acids is 1. The predicted molar refractivity (Wildman–Crippen MR) is 76.0 cm³/mol. The molecular weight excluding hydrogens is 282 g/mol. The second-order valence-electron chi connectivity index (χ2n) is 4.69. The van der Waals surface area contributed by atoms with Crippen LogP contribution >= 0.6 is 22.7 Å². The molecule has 1 aliphatic rings. The molecule has 0 aliphatic carbocycles. The van der Waals surface area contributed by atoms with Gasteiger partial charge < -0.3 is 10.0 Å². The Morgan fingerprint density at radius 1 is 1.37 bits per heavy atom. The highest BCUT2D eigenvalue weighted by molar-refractivity contribution is 7.27. The highest BCUT2D eigenvalue weighted by Crippen LogP contribution is 2.31. The monoisotopic (exact) mass is 295 g/mol. The first-order valence-corrected chi connectivity index (χ1v) is 7.84. The zero-order valence-electron chi connectivity index (χ0n) is 10.2. The quantitative estimate of drug-likeness (QED) is 0.926. The molecule has 100 valence electrons. The lowest BCUT2D eigenvalue weighted by molar-refractivity contribution is -0.143. The van der Waals surface area contributed by atoms with Gasteiger partial charge in [0.25, 0.3) is 5.91 Å². The van der Waals surface area contributed by atoms with Crippen molar-refractivity contribution in [2.45, 2.75) is 12.8 Å². The Balaban J connectivity index is 1.79. The maximum Gasteiger partial charge on any atom is 0.308 e. The summed E-state index contributed by atoms with van der Waals surface area (Å²) in [5.41, 5.74) is 0. The summed E-state index contributed by atoms with van der Waals surface area (Å²) in [5, 5.41) is 11.1. The molecule has 1 amide bonds. The van der Waals surface area contributed by atoms with Gasteiger partial charge in [0.05, 0.1) is 10.8 Å². The first-order chi connectivity index (χ1) is 9.15. The fraction of sp³-hybridized carbons (Fsp3) is 0.385. The zero-order valence-corrected chi connectivity index (χ0v) is 11.8. The van der Waals surface area contributed by atoms with Crippen LogP contribution in [0.5, 0.6) is 0 Å². The summed E-state index contributed by atoms with van der Waals surface area (Å²) < 4.78 is 2.25. The van der Waals surface area contributed by atoms with Crippen molar-refractivity contribution in [1.82, 2.24) is 4.90 Å². The van der Waals surface area contributed by atoms with Crippen molar-refractivity contribution in [3.8, 4) is 0 Å². The number of nitrogens with zero attached hydrogens (tertiary/aromatic N) is 1. The third-order valence-corrected chi connectivity index (χ3v) is 5.49. The number of hydrogen-bond acceptors (Lipinski definition) is 4. The number of likely N-dealkylation sites (tertiary alicyclic amines) is 1. The van der Waals surface area contributed by atoms with Crippen molar-refractivity contribution in [2.24, 2.45) is 5.92 Å². The Morgan fingerprint density at radius 2 is 2.21 bits per heavy atom. The van der Waals surface area contributed by atoms with Crippen LogP contribution in [0.1, 0.15) is 22.5 Å². The number of fused-ring (bicyclic) bond motifs is 1. The molecule has 1 saturated heterocycles. The second kappa shape index (κ2) is 4.94. The molecule has 0 aromatic carbocycles. The van der Waals surface area contributed by atoms with E-state index in [0.717, 1.165) is 15.8 Å². The van der Waals surface area contributed by atoms with Crippen LogP contribution in [-0.2, 0) is 4.79 Å². The number of aliphatic carboxylic acids is 1. The summed E-state index contributed by atoms with van der Waals surface area (Å²) in [6, 6.07) is 3.93. The number of carboxylic acid groups (broad SMARTS) is 1. The van der Waals surface area contributed by atoms with Gasteiger partial charge >= 0.3 is 5.97 Å². The van der Waals surface area contributed by atoms with Gasteiger partial charge in [0.2, 0.25) is 0 Å². The topological polar surface area (TPSA) is 57.6 Å². The standard InChI is InChI=1S/C13H13NO3S2/c15-12(11-6-10-9(19-11)3-5-18-10)14-4-1-2-8(7-14)13(16)17/h3,5-6,8H,1-2,4,7H2,(H,16,17)/t8-/m1/s1. The summed E-state index contributed by atoms with van der Waals surface area (Å²) in [6.45, 7) is 0.994. The minimum atomic E-state index is -0.801. The zero-order chi connectivity index (χ0) is 13.4. The fourth-order valence-corrected chi connectivity index (χ4v) is 4.47. The molecule has 0 spiro atoms. The summed E-state index contributed by atoms with van der Waals surface area (Å²) >= 11 is 3.11. The molecule has 3 rings (SSSR count). The molecule has 1 aliphatic heterocycles. The smallest absolute Gasteiger partial charge is 0.308 e. The first kappa shape index (κ1) is 12.6. The van der Waals surface area contributed by atoms with Gasteiger partial charge in [0.1, 0.15) is 0 Å². The molecule has 3 heterocycles. The number of carbonyl (C=O) groups excluding carboxylic acids is 1. The SMILES string of the molecule is O=C(O)[C@@H]1CCCN(C(=O)c2cc3sccc3s2)C1. The van der Waals surface area contributed by atoms with E-state index in [1.165, 1.54) is 11.3 Å². The average molecular weight is 295 g/mol. The molecule has 2 aromatic rings. The van der Waals surface area contributed by atoms with Crippen molar-refractivity contribution < 1.29 is 14.7 Å². The molecule has 0 unspecified atom stereocenters. The van der Waals surface area contributed by atoms with Crippen molar-refractivity contribution in [3.63, 3.8) is 0 Å². The normalized spacial score (nSPS) is 19.8. The molecule has 0 bridgehead atoms. The minimum Gasteiger partial charge on any atom is -0.481 e. The molecule has 0 radical (unpaired) electrons. The summed E-state index contributed by atoms with van der Waals surface area (Å²) in [7, 11) is 0. The predicted octanol–water partition coefficient (Wildman–Crippen LogP) is 2.90. The van der Waals surface area contributed by atoms with Gasteiger partial charge in [0, 0.05) is 22.5 Å². The number of carbonyl (C=O) groups is 2. The highest BCUT2D eigenvalue weighted by Gasteiger charge is 2.29.